The molecule has 0 heterocycles. The highest BCUT2D eigenvalue weighted by Gasteiger charge is 2.06. The maximum absolute atomic E-state index is 10.9. The van der Waals surface area contributed by atoms with E-state index < -0.39 is 6.09 Å². The van der Waals surface area contributed by atoms with Gasteiger partial charge in [-0.1, -0.05) is 30.3 Å². The molecule has 0 fully saturated rings. The third kappa shape index (κ3) is 2.82. The molecule has 2 rings (SSSR count). The summed E-state index contributed by atoms with van der Waals surface area (Å²) in [5, 5.41) is 5.91. The van der Waals surface area contributed by atoms with Crippen LogP contribution in [-0.4, -0.2) is 26.5 Å². The van der Waals surface area contributed by atoms with Crippen molar-refractivity contribution >= 4 is 23.1 Å². The molecule has 0 aromatic heterocycles. The van der Waals surface area contributed by atoms with Gasteiger partial charge in [0.2, 0.25) is 0 Å². The predicted octanol–water partition coefficient (Wildman–Crippen LogP) is 2.54. The van der Waals surface area contributed by atoms with E-state index in [1.807, 2.05) is 36.4 Å². The second kappa shape index (κ2) is 5.86. The molecular weight excluding hydrogens is 244 g/mol. The lowest BCUT2D eigenvalue weighted by molar-refractivity contribution is 0.171. The molecule has 1 amide bonds. The molecule has 5 nitrogen and oxygen atoms in total. The molecular formula is C14H14N2O3. The van der Waals surface area contributed by atoms with Crippen LogP contribution in [0.15, 0.2) is 41.5 Å². The van der Waals surface area contributed by atoms with E-state index in [2.05, 4.69) is 15.3 Å². The lowest BCUT2D eigenvalue weighted by Crippen LogP contribution is -2.16. The van der Waals surface area contributed by atoms with Crippen LogP contribution in [0.3, 0.4) is 0 Å². The van der Waals surface area contributed by atoms with Gasteiger partial charge in [-0.05, 0) is 16.8 Å². The SMILES string of the molecule is COC(=O)N/N=C/c1c(OC)ccc2ccccc12. The van der Waals surface area contributed by atoms with Crippen molar-refractivity contribution in [3.8, 4) is 5.75 Å². The lowest BCUT2D eigenvalue weighted by Gasteiger charge is -2.08. The number of nitrogens with one attached hydrogen (secondary N) is 1. The highest BCUT2D eigenvalue weighted by atomic mass is 16.5. The lowest BCUT2D eigenvalue weighted by atomic mass is 10.0. The second-order valence-electron chi connectivity index (χ2n) is 3.76. The van der Waals surface area contributed by atoms with Gasteiger partial charge in [0.1, 0.15) is 5.75 Å². The summed E-state index contributed by atoms with van der Waals surface area (Å²) in [6, 6.07) is 11.7. The topological polar surface area (TPSA) is 59.9 Å². The minimum atomic E-state index is -0.615. The Balaban J connectivity index is 2.41. The van der Waals surface area contributed by atoms with E-state index in [-0.39, 0.29) is 0 Å². The van der Waals surface area contributed by atoms with E-state index >= 15 is 0 Å². The first-order valence-electron chi connectivity index (χ1n) is 5.69. The van der Waals surface area contributed by atoms with E-state index in [0.29, 0.717) is 5.75 Å². The molecule has 0 bridgehead atoms. The van der Waals surface area contributed by atoms with Crippen LogP contribution in [0.25, 0.3) is 10.8 Å². The zero-order valence-electron chi connectivity index (χ0n) is 10.7. The largest absolute Gasteiger partial charge is 0.496 e. The quantitative estimate of drug-likeness (QED) is 0.679. The summed E-state index contributed by atoms with van der Waals surface area (Å²) in [6.45, 7) is 0. The Kier molecular flexibility index (Phi) is 3.97. The first-order chi connectivity index (χ1) is 9.26. The fourth-order valence-electron chi connectivity index (χ4n) is 1.78. The highest BCUT2D eigenvalue weighted by Crippen LogP contribution is 2.26. The maximum Gasteiger partial charge on any atom is 0.427 e. The normalized spacial score (nSPS) is 10.6. The molecule has 2 aromatic rings. The molecule has 0 aliphatic carbocycles. The van der Waals surface area contributed by atoms with Gasteiger partial charge in [-0.15, -0.1) is 0 Å². The van der Waals surface area contributed by atoms with Crippen molar-refractivity contribution in [2.75, 3.05) is 14.2 Å². The number of hydrogen-bond acceptors (Lipinski definition) is 4. The monoisotopic (exact) mass is 258 g/mol. The van der Waals surface area contributed by atoms with Gasteiger partial charge in [0.05, 0.1) is 20.4 Å². The van der Waals surface area contributed by atoms with Gasteiger partial charge in [0.25, 0.3) is 0 Å². The van der Waals surface area contributed by atoms with Gasteiger partial charge in [-0.25, -0.2) is 10.2 Å². The van der Waals surface area contributed by atoms with Crippen LogP contribution in [0.2, 0.25) is 0 Å². The van der Waals surface area contributed by atoms with Crippen molar-refractivity contribution in [1.82, 2.24) is 5.43 Å². The van der Waals surface area contributed by atoms with Gasteiger partial charge < -0.3 is 9.47 Å². The fraction of sp³-hybridized carbons (Fsp3) is 0.143. The summed E-state index contributed by atoms with van der Waals surface area (Å²) in [7, 11) is 2.87. The number of hydrogen-bond donors (Lipinski definition) is 1. The molecule has 0 unspecified atom stereocenters. The van der Waals surface area contributed by atoms with Gasteiger partial charge in [-0.3, -0.25) is 0 Å². The zero-order valence-corrected chi connectivity index (χ0v) is 10.7. The Labute approximate surface area is 110 Å². The number of fused-ring (bicyclic) bond motifs is 1. The number of carbonyl (C=O) groups excluding carboxylic acids is 1. The highest BCUT2D eigenvalue weighted by molar-refractivity contribution is 6.02. The van der Waals surface area contributed by atoms with Gasteiger partial charge in [0, 0.05) is 5.56 Å². The van der Waals surface area contributed by atoms with Crippen molar-refractivity contribution < 1.29 is 14.3 Å². The summed E-state index contributed by atoms with van der Waals surface area (Å²) < 4.78 is 9.74. The Hall–Kier alpha value is -2.56. The molecule has 19 heavy (non-hydrogen) atoms. The van der Waals surface area contributed by atoms with Crippen molar-refractivity contribution in [1.29, 1.82) is 0 Å². The fourth-order valence-corrected chi connectivity index (χ4v) is 1.78. The third-order valence-corrected chi connectivity index (χ3v) is 2.69. The van der Waals surface area contributed by atoms with E-state index in [0.717, 1.165) is 16.3 Å². The summed E-state index contributed by atoms with van der Waals surface area (Å²) in [5.74, 6) is 0.689. The Morgan fingerprint density at radius 2 is 2.00 bits per heavy atom. The van der Waals surface area contributed by atoms with Crippen LogP contribution < -0.4 is 10.2 Å². The number of benzene rings is 2. The summed E-state index contributed by atoms with van der Waals surface area (Å²) >= 11 is 0. The molecule has 98 valence electrons. The van der Waals surface area contributed by atoms with Crippen LogP contribution in [0.1, 0.15) is 5.56 Å². The molecule has 2 aromatic carbocycles. The minimum Gasteiger partial charge on any atom is -0.496 e. The number of amides is 1. The van der Waals surface area contributed by atoms with E-state index in [1.54, 1.807) is 7.11 Å². The third-order valence-electron chi connectivity index (χ3n) is 2.69. The molecule has 0 atom stereocenters. The first-order valence-corrected chi connectivity index (χ1v) is 5.69. The van der Waals surface area contributed by atoms with Crippen molar-refractivity contribution in [2.24, 2.45) is 5.10 Å². The molecule has 0 aliphatic heterocycles. The van der Waals surface area contributed by atoms with Crippen molar-refractivity contribution in [3.05, 3.63) is 42.0 Å². The number of nitrogens with zero attached hydrogens (tertiary/aromatic N) is 1. The Morgan fingerprint density at radius 1 is 1.21 bits per heavy atom. The number of methoxy groups -OCH3 is 2. The molecule has 1 N–H and O–H groups in total. The molecule has 0 saturated heterocycles. The average molecular weight is 258 g/mol. The van der Waals surface area contributed by atoms with Crippen LogP contribution in [0.4, 0.5) is 4.79 Å². The maximum atomic E-state index is 10.9. The summed E-state index contributed by atoms with van der Waals surface area (Å²) in [5.41, 5.74) is 3.05. The summed E-state index contributed by atoms with van der Waals surface area (Å²) in [6.07, 6.45) is 0.924. The van der Waals surface area contributed by atoms with E-state index in [1.165, 1.54) is 13.3 Å². The molecule has 0 aliphatic rings. The molecule has 5 heteroatoms. The van der Waals surface area contributed by atoms with Crippen LogP contribution in [0.5, 0.6) is 5.75 Å². The number of carbonyl (C=O) groups is 1. The number of rotatable bonds is 3. The molecule has 0 saturated carbocycles. The van der Waals surface area contributed by atoms with E-state index in [4.69, 9.17) is 4.74 Å². The number of hydrazone groups is 1. The van der Waals surface area contributed by atoms with Gasteiger partial charge >= 0.3 is 6.09 Å². The van der Waals surface area contributed by atoms with Crippen LogP contribution in [0, 0.1) is 0 Å². The summed E-state index contributed by atoms with van der Waals surface area (Å²) in [4.78, 5) is 10.9. The zero-order chi connectivity index (χ0) is 13.7. The molecule has 0 radical (unpaired) electrons. The standard InChI is InChI=1S/C14H14N2O3/c1-18-13-8-7-10-5-3-4-6-11(10)12(13)9-15-16-14(17)19-2/h3-9H,1-2H3,(H,16,17)/b15-9+. The number of ether oxygens (including phenoxy) is 2. The van der Waals surface area contributed by atoms with Crippen molar-refractivity contribution in [3.63, 3.8) is 0 Å². The second-order valence-corrected chi connectivity index (χ2v) is 3.76. The van der Waals surface area contributed by atoms with E-state index in [9.17, 15) is 4.79 Å². The van der Waals surface area contributed by atoms with Gasteiger partial charge in [-0.2, -0.15) is 5.10 Å². The Bertz CT molecular complexity index is 623. The minimum absolute atomic E-state index is 0.615. The molecule has 0 spiro atoms. The Morgan fingerprint density at radius 3 is 2.74 bits per heavy atom. The van der Waals surface area contributed by atoms with Crippen LogP contribution >= 0.6 is 0 Å². The smallest absolute Gasteiger partial charge is 0.427 e. The first kappa shape index (κ1) is 12.9. The average Bonchev–Trinajstić information content (AvgIpc) is 2.47. The predicted molar refractivity (Wildman–Crippen MR) is 73.6 cm³/mol. The van der Waals surface area contributed by atoms with Gasteiger partial charge in [0.15, 0.2) is 0 Å². The van der Waals surface area contributed by atoms with Crippen molar-refractivity contribution in [2.45, 2.75) is 0 Å². The van der Waals surface area contributed by atoms with Crippen LogP contribution in [-0.2, 0) is 4.74 Å².